The SMILES string of the molecule is CC(C)c1cc(C(C)C)c(S(=O)(=O)Oc2cccc(-c3ncncn3)c2)c(C(C)C)c1. The highest BCUT2D eigenvalue weighted by molar-refractivity contribution is 7.87. The number of aromatic nitrogens is 3. The molecule has 0 unspecified atom stereocenters. The molecule has 31 heavy (non-hydrogen) atoms. The molecule has 0 N–H and O–H groups in total. The summed E-state index contributed by atoms with van der Waals surface area (Å²) in [4.78, 5) is 12.3. The Morgan fingerprint density at radius 1 is 0.806 bits per heavy atom. The third-order valence-corrected chi connectivity index (χ3v) is 6.50. The lowest BCUT2D eigenvalue weighted by Crippen LogP contribution is -2.17. The lowest BCUT2D eigenvalue weighted by Gasteiger charge is -2.22. The average Bonchev–Trinajstić information content (AvgIpc) is 2.73. The quantitative estimate of drug-likeness (QED) is 0.441. The molecule has 6 nitrogen and oxygen atoms in total. The van der Waals surface area contributed by atoms with E-state index in [2.05, 4.69) is 28.8 Å². The van der Waals surface area contributed by atoms with Gasteiger partial charge >= 0.3 is 10.1 Å². The Kier molecular flexibility index (Phi) is 6.74. The predicted octanol–water partition coefficient (Wildman–Crippen LogP) is 5.68. The van der Waals surface area contributed by atoms with Crippen LogP contribution in [0.5, 0.6) is 5.75 Å². The van der Waals surface area contributed by atoms with Crippen LogP contribution in [0.2, 0.25) is 0 Å². The van der Waals surface area contributed by atoms with Crippen molar-refractivity contribution >= 4 is 10.1 Å². The highest BCUT2D eigenvalue weighted by Gasteiger charge is 2.28. The summed E-state index contributed by atoms with van der Waals surface area (Å²) in [5.41, 5.74) is 3.34. The van der Waals surface area contributed by atoms with Crippen LogP contribution in [0.3, 0.4) is 0 Å². The summed E-state index contributed by atoms with van der Waals surface area (Å²) in [5, 5.41) is 0. The van der Waals surface area contributed by atoms with Gasteiger partial charge in [0.2, 0.25) is 0 Å². The molecule has 0 saturated carbocycles. The van der Waals surface area contributed by atoms with E-state index >= 15 is 0 Å². The molecule has 1 heterocycles. The van der Waals surface area contributed by atoms with Crippen LogP contribution < -0.4 is 4.18 Å². The fourth-order valence-electron chi connectivity index (χ4n) is 3.42. The lowest BCUT2D eigenvalue weighted by atomic mass is 9.89. The second kappa shape index (κ2) is 9.14. The molecular formula is C24H29N3O3S. The average molecular weight is 440 g/mol. The van der Waals surface area contributed by atoms with Crippen LogP contribution in [0.4, 0.5) is 0 Å². The van der Waals surface area contributed by atoms with E-state index in [-0.39, 0.29) is 22.5 Å². The Labute approximate surface area is 184 Å². The zero-order chi connectivity index (χ0) is 22.8. The number of benzene rings is 2. The Morgan fingerprint density at radius 3 is 1.90 bits per heavy atom. The molecule has 0 bridgehead atoms. The topological polar surface area (TPSA) is 82.0 Å². The molecule has 1 aromatic heterocycles. The second-order valence-electron chi connectivity index (χ2n) is 8.52. The van der Waals surface area contributed by atoms with Gasteiger partial charge in [-0.05, 0) is 46.6 Å². The van der Waals surface area contributed by atoms with Crippen molar-refractivity contribution in [3.05, 3.63) is 65.7 Å². The van der Waals surface area contributed by atoms with Crippen LogP contribution in [0.1, 0.15) is 76.0 Å². The van der Waals surface area contributed by atoms with Gasteiger partial charge in [-0.25, -0.2) is 15.0 Å². The molecule has 3 rings (SSSR count). The van der Waals surface area contributed by atoms with Gasteiger partial charge in [-0.3, -0.25) is 0 Å². The fourth-order valence-corrected chi connectivity index (χ4v) is 5.03. The number of hydrogen-bond donors (Lipinski definition) is 0. The van der Waals surface area contributed by atoms with Gasteiger partial charge in [-0.15, -0.1) is 0 Å². The zero-order valence-corrected chi connectivity index (χ0v) is 19.6. The molecule has 0 saturated heterocycles. The number of rotatable bonds is 7. The normalized spacial score (nSPS) is 12.0. The molecule has 0 atom stereocenters. The highest BCUT2D eigenvalue weighted by Crippen LogP contribution is 2.36. The molecule has 0 fully saturated rings. The van der Waals surface area contributed by atoms with Crippen molar-refractivity contribution in [2.45, 2.75) is 64.2 Å². The molecule has 0 spiro atoms. The minimum Gasteiger partial charge on any atom is -0.379 e. The van der Waals surface area contributed by atoms with E-state index in [0.717, 1.165) is 16.7 Å². The van der Waals surface area contributed by atoms with Gasteiger partial charge in [0.1, 0.15) is 23.3 Å². The maximum atomic E-state index is 13.5. The van der Waals surface area contributed by atoms with Crippen molar-refractivity contribution in [3.63, 3.8) is 0 Å². The number of hydrogen-bond acceptors (Lipinski definition) is 6. The maximum Gasteiger partial charge on any atom is 0.339 e. The van der Waals surface area contributed by atoms with Crippen molar-refractivity contribution in [1.29, 1.82) is 0 Å². The first kappa shape index (κ1) is 22.9. The van der Waals surface area contributed by atoms with E-state index in [1.807, 2.05) is 39.8 Å². The van der Waals surface area contributed by atoms with Gasteiger partial charge in [0.15, 0.2) is 5.82 Å². The zero-order valence-electron chi connectivity index (χ0n) is 18.8. The summed E-state index contributed by atoms with van der Waals surface area (Å²) in [6, 6.07) is 10.8. The van der Waals surface area contributed by atoms with Crippen molar-refractivity contribution in [1.82, 2.24) is 15.0 Å². The Bertz CT molecular complexity index is 1130. The van der Waals surface area contributed by atoms with Gasteiger partial charge in [0.25, 0.3) is 0 Å². The van der Waals surface area contributed by atoms with E-state index < -0.39 is 10.1 Å². The monoisotopic (exact) mass is 439 g/mol. The molecule has 0 aliphatic heterocycles. The minimum absolute atomic E-state index is 0.0288. The third kappa shape index (κ3) is 5.10. The van der Waals surface area contributed by atoms with Crippen LogP contribution in [-0.4, -0.2) is 23.4 Å². The van der Waals surface area contributed by atoms with E-state index in [9.17, 15) is 8.42 Å². The van der Waals surface area contributed by atoms with E-state index in [0.29, 0.717) is 17.3 Å². The summed E-state index contributed by atoms with van der Waals surface area (Å²) in [5.74, 6) is 1.02. The van der Waals surface area contributed by atoms with Crippen molar-refractivity contribution in [2.24, 2.45) is 0 Å². The molecule has 0 amide bonds. The van der Waals surface area contributed by atoms with Gasteiger partial charge in [-0.2, -0.15) is 8.42 Å². The largest absolute Gasteiger partial charge is 0.379 e. The van der Waals surface area contributed by atoms with Gasteiger partial charge in [-0.1, -0.05) is 65.8 Å². The lowest BCUT2D eigenvalue weighted by molar-refractivity contribution is 0.482. The fraction of sp³-hybridized carbons (Fsp3) is 0.375. The molecule has 3 aromatic rings. The van der Waals surface area contributed by atoms with Crippen LogP contribution in [0, 0.1) is 0 Å². The van der Waals surface area contributed by atoms with Gasteiger partial charge < -0.3 is 4.18 Å². The summed E-state index contributed by atoms with van der Waals surface area (Å²) in [6.45, 7) is 12.2. The molecule has 0 aliphatic carbocycles. The maximum absolute atomic E-state index is 13.5. The van der Waals surface area contributed by atoms with Crippen LogP contribution in [0.25, 0.3) is 11.4 Å². The molecule has 0 radical (unpaired) electrons. The summed E-state index contributed by atoms with van der Waals surface area (Å²) in [7, 11) is -4.06. The standard InChI is InChI=1S/C24H29N3O3S/c1-15(2)19-11-21(16(3)4)23(22(12-19)17(5)6)31(28,29)30-20-9-7-8-18(10-20)24-26-13-25-14-27-24/h7-17H,1-6H3. The minimum atomic E-state index is -4.06. The van der Waals surface area contributed by atoms with Crippen LogP contribution in [-0.2, 0) is 10.1 Å². The molecular weight excluding hydrogens is 410 g/mol. The van der Waals surface area contributed by atoms with Gasteiger partial charge in [0.05, 0.1) is 0 Å². The van der Waals surface area contributed by atoms with Crippen molar-refractivity contribution < 1.29 is 12.6 Å². The van der Waals surface area contributed by atoms with Crippen molar-refractivity contribution in [2.75, 3.05) is 0 Å². The summed E-state index contributed by atoms with van der Waals surface area (Å²) in [6.07, 6.45) is 2.79. The van der Waals surface area contributed by atoms with Gasteiger partial charge in [0, 0.05) is 5.56 Å². The summed E-state index contributed by atoms with van der Waals surface area (Å²) >= 11 is 0. The molecule has 2 aromatic carbocycles. The predicted molar refractivity (Wildman–Crippen MR) is 122 cm³/mol. The van der Waals surface area contributed by atoms with Crippen LogP contribution in [0.15, 0.2) is 53.9 Å². The Morgan fingerprint density at radius 2 is 1.39 bits per heavy atom. The smallest absolute Gasteiger partial charge is 0.339 e. The first-order valence-corrected chi connectivity index (χ1v) is 11.9. The van der Waals surface area contributed by atoms with Crippen LogP contribution >= 0.6 is 0 Å². The van der Waals surface area contributed by atoms with Crippen molar-refractivity contribution in [3.8, 4) is 17.1 Å². The van der Waals surface area contributed by atoms with E-state index in [4.69, 9.17) is 4.18 Å². The Hall–Kier alpha value is -2.80. The van der Waals surface area contributed by atoms with E-state index in [1.165, 1.54) is 12.7 Å². The molecule has 0 aliphatic rings. The van der Waals surface area contributed by atoms with E-state index in [1.54, 1.807) is 24.3 Å². The third-order valence-electron chi connectivity index (χ3n) is 5.12. The first-order chi connectivity index (χ1) is 14.6. The summed E-state index contributed by atoms with van der Waals surface area (Å²) < 4.78 is 32.7. The molecule has 7 heteroatoms. The number of nitrogens with zero attached hydrogens (tertiary/aromatic N) is 3. The first-order valence-electron chi connectivity index (χ1n) is 10.4. The Balaban J connectivity index is 2.10. The molecule has 164 valence electrons. The highest BCUT2D eigenvalue weighted by atomic mass is 32.2. The second-order valence-corrected chi connectivity index (χ2v) is 10.0.